The summed E-state index contributed by atoms with van der Waals surface area (Å²) < 4.78 is 7.12. The van der Waals surface area contributed by atoms with Gasteiger partial charge < -0.3 is 4.43 Å². The van der Waals surface area contributed by atoms with Crippen LogP contribution in [-0.4, -0.2) is 35.9 Å². The monoisotopic (exact) mass is 374 g/mol. The first-order valence-corrected chi connectivity index (χ1v) is 22.9. The standard InChI is InChI=1S/C17H42OSi4/c1-9-19(10-2)17-18-20(11-3,12-4)22(15-7,16-8)21(19,13-5)14-6/h9-17H2,1-8H3. The predicted molar refractivity (Wildman–Crippen MR) is 113 cm³/mol. The Kier molecular flexibility index (Phi) is 7.41. The molecule has 0 bridgehead atoms. The van der Waals surface area contributed by atoms with Crippen molar-refractivity contribution in [3.8, 4) is 0 Å². The first-order valence-electron chi connectivity index (χ1n) is 10.1. The van der Waals surface area contributed by atoms with Gasteiger partial charge in [0.1, 0.15) is 0 Å². The molecule has 1 fully saturated rings. The summed E-state index contributed by atoms with van der Waals surface area (Å²) in [4.78, 5) is 0. The third kappa shape index (κ3) is 2.37. The summed E-state index contributed by atoms with van der Waals surface area (Å²) in [5.41, 5.74) is 0. The lowest BCUT2D eigenvalue weighted by Crippen LogP contribution is -2.90. The van der Waals surface area contributed by atoms with E-state index >= 15 is 0 Å². The molecule has 0 aromatic rings. The normalized spacial score (nSPS) is 25.1. The van der Waals surface area contributed by atoms with E-state index in [2.05, 4.69) is 55.4 Å². The SMILES string of the molecule is CC[Si]1(CC)CO[Si](CC)(CC)[Si](CC)(CC)[Si]1(CC)CC. The van der Waals surface area contributed by atoms with Gasteiger partial charge in [-0.3, -0.25) is 0 Å². The van der Waals surface area contributed by atoms with Crippen LogP contribution in [0, 0.1) is 0 Å². The molecule has 0 N–H and O–H groups in total. The highest BCUT2D eigenvalue weighted by atomic mass is 29.8. The van der Waals surface area contributed by atoms with Gasteiger partial charge in [0.2, 0.25) is 0 Å². The summed E-state index contributed by atoms with van der Waals surface area (Å²) in [5.74, 6) is 0. The van der Waals surface area contributed by atoms with E-state index in [9.17, 15) is 0 Å². The van der Waals surface area contributed by atoms with Crippen molar-refractivity contribution in [1.29, 1.82) is 0 Å². The third-order valence-corrected chi connectivity index (χ3v) is 75.6. The van der Waals surface area contributed by atoms with E-state index in [4.69, 9.17) is 4.43 Å². The second-order valence-electron chi connectivity index (χ2n) is 7.56. The fraction of sp³-hybridized carbons (Fsp3) is 1.00. The van der Waals surface area contributed by atoms with Crippen LogP contribution in [0.5, 0.6) is 0 Å². The van der Waals surface area contributed by atoms with Crippen LogP contribution in [0.2, 0.25) is 48.4 Å². The molecule has 5 heteroatoms. The Morgan fingerprint density at radius 1 is 0.545 bits per heavy atom. The van der Waals surface area contributed by atoms with E-state index < -0.39 is 29.6 Å². The molecular weight excluding hydrogens is 333 g/mol. The molecule has 0 amide bonds. The minimum atomic E-state index is -1.47. The highest BCUT2D eigenvalue weighted by Crippen LogP contribution is 2.52. The molecule has 0 unspecified atom stereocenters. The van der Waals surface area contributed by atoms with E-state index in [-0.39, 0.29) is 0 Å². The molecule has 0 aromatic carbocycles. The molecule has 1 rings (SSSR count). The van der Waals surface area contributed by atoms with Crippen molar-refractivity contribution in [3.63, 3.8) is 0 Å². The van der Waals surface area contributed by atoms with Crippen LogP contribution in [-0.2, 0) is 4.43 Å². The number of rotatable bonds is 8. The Hall–Kier alpha value is 0.828. The van der Waals surface area contributed by atoms with Crippen LogP contribution < -0.4 is 0 Å². The highest BCUT2D eigenvalue weighted by molar-refractivity contribution is 7.84. The van der Waals surface area contributed by atoms with Crippen LogP contribution in [0.1, 0.15) is 55.4 Å². The summed E-state index contributed by atoms with van der Waals surface area (Å²) in [5, 5.41) is 0. The first-order chi connectivity index (χ1) is 10.4. The molecule has 0 spiro atoms. The lowest BCUT2D eigenvalue weighted by Gasteiger charge is -2.67. The van der Waals surface area contributed by atoms with Crippen molar-refractivity contribution >= 4 is 29.6 Å². The molecule has 1 saturated heterocycles. The van der Waals surface area contributed by atoms with Crippen LogP contribution in [0.15, 0.2) is 0 Å². The molecule has 22 heavy (non-hydrogen) atoms. The molecule has 1 aliphatic heterocycles. The summed E-state index contributed by atoms with van der Waals surface area (Å²) in [7, 11) is -5.07. The minimum Gasteiger partial charge on any atom is -0.423 e. The molecule has 0 saturated carbocycles. The van der Waals surface area contributed by atoms with Crippen molar-refractivity contribution in [2.75, 3.05) is 6.23 Å². The van der Waals surface area contributed by atoms with E-state index in [0.29, 0.717) is 0 Å². The van der Waals surface area contributed by atoms with Crippen LogP contribution in [0.25, 0.3) is 0 Å². The van der Waals surface area contributed by atoms with Gasteiger partial charge in [-0.2, -0.15) is 0 Å². The summed E-state index contributed by atoms with van der Waals surface area (Å²) in [6, 6.07) is 12.1. The van der Waals surface area contributed by atoms with E-state index in [0.717, 1.165) is 0 Å². The Morgan fingerprint density at radius 3 is 1.23 bits per heavy atom. The van der Waals surface area contributed by atoms with Crippen molar-refractivity contribution < 1.29 is 4.43 Å². The maximum absolute atomic E-state index is 7.12. The Morgan fingerprint density at radius 2 is 0.955 bits per heavy atom. The Labute approximate surface area is 144 Å². The second-order valence-corrected chi connectivity index (χ2v) is 43.1. The Balaban J connectivity index is 3.71. The van der Waals surface area contributed by atoms with Gasteiger partial charge in [-0.25, -0.2) is 0 Å². The lowest BCUT2D eigenvalue weighted by atomic mass is 10.9. The van der Waals surface area contributed by atoms with Gasteiger partial charge in [-0.1, -0.05) is 91.7 Å². The van der Waals surface area contributed by atoms with Gasteiger partial charge in [0.25, 0.3) is 0 Å². The quantitative estimate of drug-likeness (QED) is 0.457. The maximum Gasteiger partial charge on any atom is 0.176 e. The zero-order chi connectivity index (χ0) is 17.1. The number of hydrogen-bond donors (Lipinski definition) is 0. The van der Waals surface area contributed by atoms with Gasteiger partial charge in [0.05, 0.1) is 14.7 Å². The zero-order valence-electron chi connectivity index (χ0n) is 16.8. The minimum absolute atomic E-state index is 1.15. The average Bonchev–Trinajstić information content (AvgIpc) is 2.59. The van der Waals surface area contributed by atoms with Crippen LogP contribution >= 0.6 is 0 Å². The largest absolute Gasteiger partial charge is 0.423 e. The fourth-order valence-electron chi connectivity index (χ4n) is 7.01. The van der Waals surface area contributed by atoms with Gasteiger partial charge in [-0.15, -0.1) is 0 Å². The third-order valence-electron chi connectivity index (χ3n) is 8.34. The second kappa shape index (κ2) is 7.81. The summed E-state index contributed by atoms with van der Waals surface area (Å²) >= 11 is 0. The molecule has 1 nitrogen and oxygen atoms in total. The number of hydrogen-bond acceptors (Lipinski definition) is 1. The molecule has 1 aliphatic rings. The molecule has 0 radical (unpaired) electrons. The zero-order valence-corrected chi connectivity index (χ0v) is 20.8. The molecular formula is C17H42OSi4. The van der Waals surface area contributed by atoms with Crippen LogP contribution in [0.3, 0.4) is 0 Å². The summed E-state index contributed by atoms with van der Waals surface area (Å²) in [6.07, 6.45) is 1.26. The fourth-order valence-corrected chi connectivity index (χ4v) is 100. The van der Waals surface area contributed by atoms with E-state index in [1.807, 2.05) is 0 Å². The smallest absolute Gasteiger partial charge is 0.176 e. The highest BCUT2D eigenvalue weighted by Gasteiger charge is 2.72. The van der Waals surface area contributed by atoms with Crippen molar-refractivity contribution in [3.05, 3.63) is 0 Å². The average molecular weight is 375 g/mol. The summed E-state index contributed by atoms with van der Waals surface area (Å²) in [6.45, 7) is 20.4. The van der Waals surface area contributed by atoms with E-state index in [1.165, 1.54) is 30.4 Å². The molecule has 0 aliphatic carbocycles. The van der Waals surface area contributed by atoms with Gasteiger partial charge in [0, 0.05) is 13.3 Å². The van der Waals surface area contributed by atoms with E-state index in [1.54, 1.807) is 24.2 Å². The molecule has 1 heterocycles. The van der Waals surface area contributed by atoms with Gasteiger partial charge in [0.15, 0.2) is 7.83 Å². The van der Waals surface area contributed by atoms with Gasteiger partial charge >= 0.3 is 0 Å². The van der Waals surface area contributed by atoms with Gasteiger partial charge in [-0.05, 0) is 12.1 Å². The molecule has 0 atom stereocenters. The molecule has 132 valence electrons. The topological polar surface area (TPSA) is 9.23 Å². The van der Waals surface area contributed by atoms with Crippen molar-refractivity contribution in [2.45, 2.75) is 104 Å². The van der Waals surface area contributed by atoms with Crippen LogP contribution in [0.4, 0.5) is 0 Å². The Bertz CT molecular complexity index is 309. The van der Waals surface area contributed by atoms with Crippen molar-refractivity contribution in [1.82, 2.24) is 0 Å². The predicted octanol–water partition coefficient (Wildman–Crippen LogP) is 6.24. The van der Waals surface area contributed by atoms with Crippen molar-refractivity contribution in [2.24, 2.45) is 0 Å². The molecule has 0 aromatic heterocycles. The maximum atomic E-state index is 7.12. The lowest BCUT2D eigenvalue weighted by molar-refractivity contribution is 0.369. The first kappa shape index (κ1) is 20.9.